The van der Waals surface area contributed by atoms with Crippen molar-refractivity contribution in [3.63, 3.8) is 0 Å². The Morgan fingerprint density at radius 1 is 0.418 bits per heavy atom. The molecule has 0 spiro atoms. The summed E-state index contributed by atoms with van der Waals surface area (Å²) in [6, 6.07) is 68.9. The lowest BCUT2D eigenvalue weighted by Crippen LogP contribution is -2.10. The van der Waals surface area contributed by atoms with Crippen LogP contribution in [0.15, 0.2) is 207 Å². The molecule has 260 valence electrons. The van der Waals surface area contributed by atoms with E-state index in [1.165, 1.54) is 21.8 Å². The van der Waals surface area contributed by atoms with Crippen molar-refractivity contribution in [3.05, 3.63) is 207 Å². The van der Waals surface area contributed by atoms with Gasteiger partial charge in [-0.1, -0.05) is 115 Å². The van der Waals surface area contributed by atoms with E-state index in [1.807, 2.05) is 24.5 Å². The third kappa shape index (κ3) is 5.68. The second-order valence-electron chi connectivity index (χ2n) is 13.9. The van der Waals surface area contributed by atoms with Crippen molar-refractivity contribution in [1.29, 1.82) is 0 Å². The Kier molecular flexibility index (Phi) is 7.93. The van der Waals surface area contributed by atoms with Crippen LogP contribution in [0.1, 0.15) is 0 Å². The van der Waals surface area contributed by atoms with E-state index in [0.717, 1.165) is 72.6 Å². The number of benzene rings is 8. The number of nitrogens with two attached hydrogens (primary N) is 1. The van der Waals surface area contributed by atoms with E-state index in [2.05, 4.69) is 196 Å². The molecule has 0 amide bonds. The van der Waals surface area contributed by atoms with Gasteiger partial charge in [0.25, 0.3) is 0 Å². The van der Waals surface area contributed by atoms with E-state index in [1.54, 1.807) is 0 Å². The Hall–Kier alpha value is -7.43. The Bertz CT molecular complexity index is 2950. The summed E-state index contributed by atoms with van der Waals surface area (Å²) in [5.74, 6) is 0. The molecular formula is C51H36N4. The first kappa shape index (κ1) is 32.2. The number of nitrogens with zero attached hydrogens (tertiary/aromatic N) is 3. The van der Waals surface area contributed by atoms with Gasteiger partial charge in [0.05, 0.1) is 22.9 Å². The molecule has 0 fully saturated rings. The zero-order valence-corrected chi connectivity index (χ0v) is 30.0. The monoisotopic (exact) mass is 704 g/mol. The predicted molar refractivity (Wildman–Crippen MR) is 231 cm³/mol. The molecular weight excluding hydrogens is 669 g/mol. The van der Waals surface area contributed by atoms with Crippen molar-refractivity contribution in [2.45, 2.75) is 0 Å². The number of hydrogen-bond donors (Lipinski definition) is 1. The lowest BCUT2D eigenvalue weighted by molar-refractivity contribution is 1.18. The van der Waals surface area contributed by atoms with Crippen LogP contribution in [0.5, 0.6) is 0 Å². The van der Waals surface area contributed by atoms with Gasteiger partial charge in [-0.05, 0) is 118 Å². The van der Waals surface area contributed by atoms with Gasteiger partial charge < -0.3 is 15.2 Å². The van der Waals surface area contributed by atoms with Crippen LogP contribution in [-0.4, -0.2) is 9.55 Å². The smallest absolute Gasteiger partial charge is 0.0644 e. The van der Waals surface area contributed by atoms with E-state index < -0.39 is 0 Å². The largest absolute Gasteiger partial charge is 0.398 e. The van der Waals surface area contributed by atoms with E-state index in [4.69, 9.17) is 5.73 Å². The number of para-hydroxylation sites is 3. The molecule has 4 heteroatoms. The number of anilines is 4. The van der Waals surface area contributed by atoms with Crippen LogP contribution in [-0.2, 0) is 0 Å². The fraction of sp³-hybridized carbons (Fsp3) is 0. The van der Waals surface area contributed by atoms with Crippen LogP contribution in [0.3, 0.4) is 0 Å². The van der Waals surface area contributed by atoms with Gasteiger partial charge in [0.15, 0.2) is 0 Å². The van der Waals surface area contributed by atoms with E-state index in [0.29, 0.717) is 0 Å². The molecule has 0 aliphatic rings. The average Bonchev–Trinajstić information content (AvgIpc) is 3.59. The number of fused-ring (bicyclic) bond motifs is 4. The second-order valence-corrected chi connectivity index (χ2v) is 13.9. The highest BCUT2D eigenvalue weighted by Gasteiger charge is 2.17. The van der Waals surface area contributed by atoms with Crippen LogP contribution in [0.25, 0.3) is 71.6 Å². The van der Waals surface area contributed by atoms with Crippen LogP contribution in [0, 0.1) is 0 Å². The average molecular weight is 705 g/mol. The molecule has 0 saturated carbocycles. The maximum absolute atomic E-state index is 6.87. The van der Waals surface area contributed by atoms with Gasteiger partial charge in [-0.25, -0.2) is 0 Å². The molecule has 0 unspecified atom stereocenters. The number of rotatable bonds is 7. The first-order valence-corrected chi connectivity index (χ1v) is 18.6. The Labute approximate surface area is 320 Å². The highest BCUT2D eigenvalue weighted by molar-refractivity contribution is 6.14. The molecule has 10 rings (SSSR count). The summed E-state index contributed by atoms with van der Waals surface area (Å²) in [6.45, 7) is 0. The fourth-order valence-corrected chi connectivity index (χ4v) is 8.12. The lowest BCUT2D eigenvalue weighted by Gasteiger charge is -2.25. The number of nitrogen functional groups attached to an aromatic ring is 1. The van der Waals surface area contributed by atoms with E-state index >= 15 is 0 Å². The minimum Gasteiger partial charge on any atom is -0.398 e. The van der Waals surface area contributed by atoms with Gasteiger partial charge in [0.2, 0.25) is 0 Å². The molecule has 2 aromatic heterocycles. The van der Waals surface area contributed by atoms with Gasteiger partial charge in [0, 0.05) is 45.1 Å². The highest BCUT2D eigenvalue weighted by Crippen LogP contribution is 2.42. The summed E-state index contributed by atoms with van der Waals surface area (Å²) in [7, 11) is 0. The van der Waals surface area contributed by atoms with Crippen molar-refractivity contribution < 1.29 is 0 Å². The van der Waals surface area contributed by atoms with Crippen LogP contribution >= 0.6 is 0 Å². The number of pyridine rings is 1. The van der Waals surface area contributed by atoms with Crippen molar-refractivity contribution in [1.82, 2.24) is 9.55 Å². The van der Waals surface area contributed by atoms with Crippen molar-refractivity contribution in [2.24, 2.45) is 0 Å². The minimum atomic E-state index is 0.762. The number of aromatic nitrogens is 2. The summed E-state index contributed by atoms with van der Waals surface area (Å²) in [5, 5.41) is 4.65. The number of hydrogen-bond acceptors (Lipinski definition) is 3. The maximum Gasteiger partial charge on any atom is 0.0644 e. The Balaban J connectivity index is 1.07. The SMILES string of the molecule is Nc1ccc(-c2ccc3c(c2)c2ccccc2n3-c2ccccc2)c2cccc(-c3cccc(-c4cccc(N(c5ccccc5)c5cccnc5)c4)c3)c12. The van der Waals surface area contributed by atoms with Gasteiger partial charge in [0.1, 0.15) is 0 Å². The molecule has 4 nitrogen and oxygen atoms in total. The molecule has 0 aliphatic heterocycles. The quantitative estimate of drug-likeness (QED) is 0.168. The second kappa shape index (κ2) is 13.5. The third-order valence-corrected chi connectivity index (χ3v) is 10.6. The van der Waals surface area contributed by atoms with E-state index in [-0.39, 0.29) is 0 Å². The van der Waals surface area contributed by atoms with Crippen molar-refractivity contribution >= 4 is 55.3 Å². The molecule has 10 aromatic rings. The topological polar surface area (TPSA) is 47.1 Å². The van der Waals surface area contributed by atoms with Gasteiger partial charge in [-0.15, -0.1) is 0 Å². The first-order valence-electron chi connectivity index (χ1n) is 18.6. The summed E-state index contributed by atoms with van der Waals surface area (Å²) in [6.07, 6.45) is 3.71. The molecule has 0 radical (unpaired) electrons. The van der Waals surface area contributed by atoms with Gasteiger partial charge >= 0.3 is 0 Å². The fourth-order valence-electron chi connectivity index (χ4n) is 8.12. The summed E-state index contributed by atoms with van der Waals surface area (Å²) in [4.78, 5) is 6.66. The van der Waals surface area contributed by atoms with Crippen LogP contribution in [0.2, 0.25) is 0 Å². The highest BCUT2D eigenvalue weighted by atomic mass is 15.1. The van der Waals surface area contributed by atoms with Crippen molar-refractivity contribution in [2.75, 3.05) is 10.6 Å². The molecule has 55 heavy (non-hydrogen) atoms. The third-order valence-electron chi connectivity index (χ3n) is 10.6. The normalized spacial score (nSPS) is 11.3. The van der Waals surface area contributed by atoms with Crippen LogP contribution in [0.4, 0.5) is 22.7 Å². The minimum absolute atomic E-state index is 0.762. The summed E-state index contributed by atoms with van der Waals surface area (Å²) in [5.41, 5.74) is 21.1. The zero-order chi connectivity index (χ0) is 36.7. The molecule has 0 aliphatic carbocycles. The van der Waals surface area contributed by atoms with Crippen LogP contribution < -0.4 is 10.6 Å². The van der Waals surface area contributed by atoms with Gasteiger partial charge in [-0.2, -0.15) is 0 Å². The first-order chi connectivity index (χ1) is 27.2. The summed E-state index contributed by atoms with van der Waals surface area (Å²) < 4.78 is 2.36. The molecule has 2 heterocycles. The molecule has 0 atom stereocenters. The molecule has 0 saturated heterocycles. The van der Waals surface area contributed by atoms with E-state index in [9.17, 15) is 0 Å². The standard InChI is InChI=1S/C51H36N4/c52-48-28-27-43(38-26-29-50-47(33-38)45-22-7-8-25-49(45)55(50)40-18-5-2-6-19-40)46-24-11-23-44(51(46)48)37-15-9-13-35(31-37)36-14-10-20-41(32-36)54(39-16-3-1-4-17-39)42-21-12-30-53-34-42/h1-34H,52H2. The lowest BCUT2D eigenvalue weighted by atomic mass is 9.90. The van der Waals surface area contributed by atoms with Crippen molar-refractivity contribution in [3.8, 4) is 39.1 Å². The predicted octanol–water partition coefficient (Wildman–Crippen LogP) is 13.4. The molecule has 8 aromatic carbocycles. The Morgan fingerprint density at radius 2 is 1.07 bits per heavy atom. The summed E-state index contributed by atoms with van der Waals surface area (Å²) >= 11 is 0. The molecule has 2 N–H and O–H groups in total. The molecule has 0 bridgehead atoms. The maximum atomic E-state index is 6.87. The zero-order valence-electron chi connectivity index (χ0n) is 30.0. The van der Waals surface area contributed by atoms with Gasteiger partial charge in [-0.3, -0.25) is 4.98 Å². The Morgan fingerprint density at radius 3 is 1.91 bits per heavy atom.